The van der Waals surface area contributed by atoms with E-state index >= 15 is 0 Å². The van der Waals surface area contributed by atoms with Gasteiger partial charge in [0, 0.05) is 24.4 Å². The van der Waals surface area contributed by atoms with Crippen molar-refractivity contribution in [1.82, 2.24) is 9.97 Å². The van der Waals surface area contributed by atoms with Crippen molar-refractivity contribution >= 4 is 11.6 Å². The first-order chi connectivity index (χ1) is 13.6. The van der Waals surface area contributed by atoms with Gasteiger partial charge in [0.15, 0.2) is 0 Å². The number of aliphatic hydroxyl groups is 1. The lowest BCUT2D eigenvalue weighted by molar-refractivity contribution is 0.249. The summed E-state index contributed by atoms with van der Waals surface area (Å²) in [7, 11) is 0. The molecule has 3 heterocycles. The number of aromatic nitrogens is 2. The van der Waals surface area contributed by atoms with Gasteiger partial charge in [0.05, 0.1) is 18.7 Å². The molecule has 1 saturated heterocycles. The molecular weight excluding hydrogens is 348 g/mol. The molecule has 0 spiro atoms. The van der Waals surface area contributed by atoms with Crippen molar-refractivity contribution in [1.29, 1.82) is 0 Å². The molecule has 28 heavy (non-hydrogen) atoms. The molecule has 5 nitrogen and oxygen atoms in total. The highest BCUT2D eigenvalue weighted by atomic mass is 16.3. The molecule has 2 fully saturated rings. The third-order valence-corrected chi connectivity index (χ3v) is 6.68. The van der Waals surface area contributed by atoms with Gasteiger partial charge in [-0.25, -0.2) is 9.97 Å². The molecule has 4 aliphatic rings. The zero-order chi connectivity index (χ0) is 19.3. The van der Waals surface area contributed by atoms with Crippen LogP contribution in [0.1, 0.15) is 74.4 Å². The Morgan fingerprint density at radius 2 is 1.82 bits per heavy atom. The SMILES string of the molecule is CC(C)[C@@H](CO)Nc1cc(N2C[C@H]3CC[C@H]2c2ccccc23)nc(C2CC2)n1. The molecule has 2 aromatic rings. The van der Waals surface area contributed by atoms with E-state index in [1.54, 1.807) is 0 Å². The molecular formula is C23H30N4O. The molecule has 0 unspecified atom stereocenters. The van der Waals surface area contributed by atoms with Gasteiger partial charge >= 0.3 is 0 Å². The van der Waals surface area contributed by atoms with Crippen LogP contribution < -0.4 is 10.2 Å². The van der Waals surface area contributed by atoms with Crippen LogP contribution in [0.15, 0.2) is 30.3 Å². The van der Waals surface area contributed by atoms with Crippen molar-refractivity contribution in [2.45, 2.75) is 63.5 Å². The number of rotatable bonds is 6. The molecule has 0 amide bonds. The molecule has 1 aromatic carbocycles. The number of benzene rings is 1. The molecule has 2 aliphatic carbocycles. The number of hydrogen-bond donors (Lipinski definition) is 2. The number of nitrogens with one attached hydrogen (secondary N) is 1. The van der Waals surface area contributed by atoms with Crippen LogP contribution in [-0.4, -0.2) is 34.3 Å². The first-order valence-corrected chi connectivity index (χ1v) is 10.8. The number of fused-ring (bicyclic) bond motifs is 2. The second kappa shape index (κ2) is 7.03. The van der Waals surface area contributed by atoms with Crippen molar-refractivity contribution in [2.75, 3.05) is 23.4 Å². The topological polar surface area (TPSA) is 61.3 Å². The zero-order valence-electron chi connectivity index (χ0n) is 16.8. The standard InChI is InChI=1S/C23H30N4O/c1-14(2)19(13-28)24-21-11-22(26-23(25-21)15-7-8-15)27-12-16-9-10-20(27)18-6-4-3-5-17(16)18/h3-6,11,14-16,19-20,28H,7-10,12-13H2,1-2H3,(H,24,25,26)/t16-,19-,20+/m1/s1. The smallest absolute Gasteiger partial charge is 0.136 e. The molecule has 5 heteroatoms. The maximum Gasteiger partial charge on any atom is 0.136 e. The number of nitrogens with zero attached hydrogens (tertiary/aromatic N) is 3. The summed E-state index contributed by atoms with van der Waals surface area (Å²) in [6.45, 7) is 5.39. The third-order valence-electron chi connectivity index (χ3n) is 6.68. The lowest BCUT2D eigenvalue weighted by Gasteiger charge is -2.47. The largest absolute Gasteiger partial charge is 0.394 e. The van der Waals surface area contributed by atoms with Crippen molar-refractivity contribution in [2.24, 2.45) is 5.92 Å². The Balaban J connectivity index is 1.50. The first-order valence-electron chi connectivity index (χ1n) is 10.8. The molecule has 2 N–H and O–H groups in total. The predicted molar refractivity (Wildman–Crippen MR) is 112 cm³/mol. The van der Waals surface area contributed by atoms with Gasteiger partial charge in [0.1, 0.15) is 17.5 Å². The van der Waals surface area contributed by atoms with Crippen LogP contribution in [0.5, 0.6) is 0 Å². The summed E-state index contributed by atoms with van der Waals surface area (Å²) >= 11 is 0. The lowest BCUT2D eigenvalue weighted by Crippen LogP contribution is -2.43. The number of hydrogen-bond acceptors (Lipinski definition) is 5. The quantitative estimate of drug-likeness (QED) is 0.788. The molecule has 3 atom stereocenters. The molecule has 6 rings (SSSR count). The summed E-state index contributed by atoms with van der Waals surface area (Å²) in [6, 6.07) is 11.4. The fraction of sp³-hybridized carbons (Fsp3) is 0.565. The average molecular weight is 379 g/mol. The Bertz CT molecular complexity index is 863. The summed E-state index contributed by atoms with van der Waals surface area (Å²) in [4.78, 5) is 12.3. The average Bonchev–Trinajstić information content (AvgIpc) is 3.57. The van der Waals surface area contributed by atoms with Gasteiger partial charge < -0.3 is 15.3 Å². The van der Waals surface area contributed by atoms with E-state index in [-0.39, 0.29) is 12.6 Å². The van der Waals surface area contributed by atoms with Crippen LogP contribution in [0, 0.1) is 5.92 Å². The summed E-state index contributed by atoms with van der Waals surface area (Å²) in [5, 5.41) is 13.2. The van der Waals surface area contributed by atoms with E-state index in [0.29, 0.717) is 23.8 Å². The molecule has 1 aromatic heterocycles. The van der Waals surface area contributed by atoms with Gasteiger partial charge in [0.2, 0.25) is 0 Å². The second-order valence-corrected chi connectivity index (χ2v) is 8.99. The van der Waals surface area contributed by atoms with Crippen LogP contribution in [0.2, 0.25) is 0 Å². The van der Waals surface area contributed by atoms with E-state index in [4.69, 9.17) is 9.97 Å². The summed E-state index contributed by atoms with van der Waals surface area (Å²) in [6.07, 6.45) is 4.83. The minimum absolute atomic E-state index is 0.00772. The summed E-state index contributed by atoms with van der Waals surface area (Å²) in [5.74, 6) is 4.30. The van der Waals surface area contributed by atoms with E-state index in [0.717, 1.165) is 24.0 Å². The number of aliphatic hydroxyl groups excluding tert-OH is 1. The number of piperidine rings is 1. The van der Waals surface area contributed by atoms with Gasteiger partial charge in [-0.3, -0.25) is 0 Å². The van der Waals surface area contributed by atoms with Crippen molar-refractivity contribution in [3.8, 4) is 0 Å². The maximum atomic E-state index is 9.75. The van der Waals surface area contributed by atoms with Gasteiger partial charge in [0.25, 0.3) is 0 Å². The molecule has 0 radical (unpaired) electrons. The predicted octanol–water partition coefficient (Wildman–Crippen LogP) is 4.22. The van der Waals surface area contributed by atoms with Gasteiger partial charge in [-0.1, -0.05) is 38.1 Å². The van der Waals surface area contributed by atoms with E-state index in [2.05, 4.69) is 54.4 Å². The normalized spacial score (nSPS) is 24.4. The Morgan fingerprint density at radius 3 is 2.54 bits per heavy atom. The van der Waals surface area contributed by atoms with Crippen molar-refractivity contribution < 1.29 is 5.11 Å². The van der Waals surface area contributed by atoms with E-state index in [9.17, 15) is 5.11 Å². The van der Waals surface area contributed by atoms with Crippen LogP contribution in [0.25, 0.3) is 0 Å². The van der Waals surface area contributed by atoms with Crippen molar-refractivity contribution in [3.05, 3.63) is 47.3 Å². The Kier molecular flexibility index (Phi) is 4.50. The van der Waals surface area contributed by atoms with Crippen LogP contribution in [0.3, 0.4) is 0 Å². The van der Waals surface area contributed by atoms with E-state index in [1.807, 2.05) is 0 Å². The van der Waals surface area contributed by atoms with E-state index < -0.39 is 0 Å². The fourth-order valence-electron chi connectivity index (χ4n) is 4.80. The monoisotopic (exact) mass is 378 g/mol. The van der Waals surface area contributed by atoms with Crippen LogP contribution in [0.4, 0.5) is 11.6 Å². The summed E-state index contributed by atoms with van der Waals surface area (Å²) in [5.41, 5.74) is 3.01. The summed E-state index contributed by atoms with van der Waals surface area (Å²) < 4.78 is 0. The minimum Gasteiger partial charge on any atom is -0.394 e. The van der Waals surface area contributed by atoms with Gasteiger partial charge in [-0.15, -0.1) is 0 Å². The minimum atomic E-state index is 0.00772. The highest BCUT2D eigenvalue weighted by molar-refractivity contribution is 5.56. The lowest BCUT2D eigenvalue weighted by atomic mass is 9.75. The first kappa shape index (κ1) is 17.9. The zero-order valence-corrected chi connectivity index (χ0v) is 16.8. The Labute approximate surface area is 167 Å². The highest BCUT2D eigenvalue weighted by Crippen LogP contribution is 2.48. The fourth-order valence-corrected chi connectivity index (χ4v) is 4.80. The second-order valence-electron chi connectivity index (χ2n) is 8.99. The van der Waals surface area contributed by atoms with Crippen molar-refractivity contribution in [3.63, 3.8) is 0 Å². The van der Waals surface area contributed by atoms with Gasteiger partial charge in [-0.2, -0.15) is 0 Å². The van der Waals surface area contributed by atoms with Crippen LogP contribution in [-0.2, 0) is 0 Å². The number of anilines is 2. The Hall–Kier alpha value is -2.14. The molecule has 1 saturated carbocycles. The molecule has 2 aliphatic heterocycles. The Morgan fingerprint density at radius 1 is 1.07 bits per heavy atom. The van der Waals surface area contributed by atoms with Gasteiger partial charge in [-0.05, 0) is 42.7 Å². The maximum absolute atomic E-state index is 9.75. The van der Waals surface area contributed by atoms with Crippen LogP contribution >= 0.6 is 0 Å². The molecule has 2 bridgehead atoms. The molecule has 148 valence electrons. The highest BCUT2D eigenvalue weighted by Gasteiger charge is 2.39. The third kappa shape index (κ3) is 3.16. The van der Waals surface area contributed by atoms with E-state index in [1.165, 1.54) is 36.8 Å².